The molecule has 2 N–H and O–H groups in total. The van der Waals surface area contributed by atoms with E-state index in [2.05, 4.69) is 33.4 Å². The number of hydrogen-bond donors (Lipinski definition) is 1. The molecule has 4 nitrogen and oxygen atoms in total. The largest absolute Gasteiger partial charge is 0.366 e. The number of anilines is 1. The van der Waals surface area contributed by atoms with Crippen LogP contribution >= 0.6 is 0 Å². The zero-order chi connectivity index (χ0) is 11.0. The molecule has 1 aliphatic carbocycles. The fraction of sp³-hybridized carbons (Fsp3) is 0.250. The third-order valence-corrected chi connectivity index (χ3v) is 2.97. The summed E-state index contributed by atoms with van der Waals surface area (Å²) in [6.45, 7) is 0. The Morgan fingerprint density at radius 1 is 1.12 bits per heavy atom. The van der Waals surface area contributed by atoms with E-state index in [1.165, 1.54) is 24.0 Å². The van der Waals surface area contributed by atoms with Gasteiger partial charge in [-0.15, -0.1) is 5.10 Å². The molecule has 0 spiro atoms. The Morgan fingerprint density at radius 2 is 2.00 bits per heavy atom. The number of fused-ring (bicyclic) bond motifs is 1. The monoisotopic (exact) mass is 212 g/mol. The lowest BCUT2D eigenvalue weighted by molar-refractivity contribution is 0.912. The van der Waals surface area contributed by atoms with Gasteiger partial charge in [0.05, 0.1) is 11.9 Å². The molecule has 16 heavy (non-hydrogen) atoms. The Morgan fingerprint density at radius 3 is 2.88 bits per heavy atom. The van der Waals surface area contributed by atoms with Crippen molar-refractivity contribution in [3.8, 4) is 11.3 Å². The summed E-state index contributed by atoms with van der Waals surface area (Å²) in [6, 6.07) is 6.44. The van der Waals surface area contributed by atoms with Gasteiger partial charge in [-0.2, -0.15) is 5.10 Å². The van der Waals surface area contributed by atoms with Gasteiger partial charge in [0.15, 0.2) is 0 Å². The fourth-order valence-electron chi connectivity index (χ4n) is 2.19. The average Bonchev–Trinajstić information content (AvgIpc) is 2.75. The van der Waals surface area contributed by atoms with Gasteiger partial charge >= 0.3 is 0 Å². The summed E-state index contributed by atoms with van der Waals surface area (Å²) in [4.78, 5) is 4.17. The number of nitrogens with zero attached hydrogens (tertiary/aromatic N) is 3. The Bertz CT molecular complexity index is 536. The number of hydrogen-bond acceptors (Lipinski definition) is 4. The first kappa shape index (κ1) is 9.27. The number of nitrogen functional groups attached to an aromatic ring is 1. The van der Waals surface area contributed by atoms with E-state index in [0.29, 0.717) is 0 Å². The number of aromatic nitrogens is 3. The summed E-state index contributed by atoms with van der Waals surface area (Å²) in [5.74, 6) is 0.220. The van der Waals surface area contributed by atoms with E-state index >= 15 is 0 Å². The van der Waals surface area contributed by atoms with Crippen molar-refractivity contribution in [1.29, 1.82) is 0 Å². The molecule has 4 heteroatoms. The molecule has 0 unspecified atom stereocenters. The van der Waals surface area contributed by atoms with Crippen molar-refractivity contribution in [1.82, 2.24) is 15.2 Å². The molecule has 0 atom stereocenters. The predicted molar refractivity (Wildman–Crippen MR) is 61.7 cm³/mol. The standard InChI is InChI=1S/C12H12N4/c13-12-15-11(7-14-16-12)10-5-4-8-2-1-3-9(8)6-10/h4-7H,1-3H2,(H2,13,15,16). The second kappa shape index (κ2) is 3.56. The summed E-state index contributed by atoms with van der Waals surface area (Å²) >= 11 is 0. The Balaban J connectivity index is 2.07. The lowest BCUT2D eigenvalue weighted by Crippen LogP contribution is -1.98. The summed E-state index contributed by atoms with van der Waals surface area (Å²) in [6.07, 6.45) is 5.26. The van der Waals surface area contributed by atoms with E-state index in [4.69, 9.17) is 5.73 Å². The molecule has 0 fully saturated rings. The van der Waals surface area contributed by atoms with Crippen molar-refractivity contribution < 1.29 is 0 Å². The molecule has 2 aromatic rings. The summed E-state index contributed by atoms with van der Waals surface area (Å²) < 4.78 is 0. The van der Waals surface area contributed by atoms with E-state index in [-0.39, 0.29) is 5.95 Å². The zero-order valence-corrected chi connectivity index (χ0v) is 8.85. The molecule has 0 saturated carbocycles. The van der Waals surface area contributed by atoms with Crippen molar-refractivity contribution >= 4 is 5.95 Å². The van der Waals surface area contributed by atoms with Gasteiger partial charge in [-0.25, -0.2) is 4.98 Å². The highest BCUT2D eigenvalue weighted by atomic mass is 15.2. The van der Waals surface area contributed by atoms with Crippen molar-refractivity contribution in [3.63, 3.8) is 0 Å². The van der Waals surface area contributed by atoms with Gasteiger partial charge in [-0.3, -0.25) is 0 Å². The molecule has 1 aromatic heterocycles. The van der Waals surface area contributed by atoms with Gasteiger partial charge in [0.2, 0.25) is 5.95 Å². The van der Waals surface area contributed by atoms with Crippen LogP contribution in [0.3, 0.4) is 0 Å². The average molecular weight is 212 g/mol. The summed E-state index contributed by atoms with van der Waals surface area (Å²) in [5.41, 5.74) is 10.3. The maximum Gasteiger partial charge on any atom is 0.240 e. The predicted octanol–water partition coefficient (Wildman–Crippen LogP) is 1.61. The molecule has 0 saturated heterocycles. The van der Waals surface area contributed by atoms with Crippen LogP contribution in [0.2, 0.25) is 0 Å². The van der Waals surface area contributed by atoms with Crippen LogP contribution < -0.4 is 5.73 Å². The third kappa shape index (κ3) is 1.52. The van der Waals surface area contributed by atoms with Crippen LogP contribution in [0, 0.1) is 0 Å². The first-order valence-electron chi connectivity index (χ1n) is 5.40. The molecular weight excluding hydrogens is 200 g/mol. The molecule has 1 aromatic carbocycles. The maximum absolute atomic E-state index is 5.52. The van der Waals surface area contributed by atoms with Crippen molar-refractivity contribution in [2.45, 2.75) is 19.3 Å². The van der Waals surface area contributed by atoms with Gasteiger partial charge in [0, 0.05) is 5.56 Å². The van der Waals surface area contributed by atoms with E-state index < -0.39 is 0 Å². The Hall–Kier alpha value is -1.97. The molecule has 3 rings (SSSR count). The van der Waals surface area contributed by atoms with Crippen LogP contribution in [0.4, 0.5) is 5.95 Å². The number of nitrogens with two attached hydrogens (primary N) is 1. The van der Waals surface area contributed by atoms with Crippen LogP contribution in [-0.4, -0.2) is 15.2 Å². The van der Waals surface area contributed by atoms with E-state index in [1.54, 1.807) is 6.20 Å². The smallest absolute Gasteiger partial charge is 0.240 e. The van der Waals surface area contributed by atoms with Crippen molar-refractivity contribution in [3.05, 3.63) is 35.5 Å². The normalized spacial score (nSPS) is 13.8. The van der Waals surface area contributed by atoms with Crippen LogP contribution in [-0.2, 0) is 12.8 Å². The summed E-state index contributed by atoms with van der Waals surface area (Å²) in [7, 11) is 0. The lowest BCUT2D eigenvalue weighted by atomic mass is 10.0. The van der Waals surface area contributed by atoms with Gasteiger partial charge in [0.1, 0.15) is 0 Å². The minimum absolute atomic E-state index is 0.220. The van der Waals surface area contributed by atoms with Gasteiger partial charge in [-0.05, 0) is 36.5 Å². The van der Waals surface area contributed by atoms with Crippen LogP contribution in [0.1, 0.15) is 17.5 Å². The van der Waals surface area contributed by atoms with Crippen LogP contribution in [0.5, 0.6) is 0 Å². The number of rotatable bonds is 1. The molecule has 0 aliphatic heterocycles. The van der Waals surface area contributed by atoms with E-state index in [1.807, 2.05) is 0 Å². The van der Waals surface area contributed by atoms with Gasteiger partial charge in [0.25, 0.3) is 0 Å². The highest BCUT2D eigenvalue weighted by molar-refractivity contribution is 5.61. The molecule has 1 heterocycles. The minimum Gasteiger partial charge on any atom is -0.366 e. The summed E-state index contributed by atoms with van der Waals surface area (Å²) in [5, 5.41) is 7.47. The van der Waals surface area contributed by atoms with E-state index in [0.717, 1.165) is 17.7 Å². The van der Waals surface area contributed by atoms with Crippen molar-refractivity contribution in [2.75, 3.05) is 5.73 Å². The lowest BCUT2D eigenvalue weighted by Gasteiger charge is -2.04. The first-order valence-corrected chi connectivity index (χ1v) is 5.40. The van der Waals surface area contributed by atoms with E-state index in [9.17, 15) is 0 Å². The quantitative estimate of drug-likeness (QED) is 0.780. The molecule has 80 valence electrons. The SMILES string of the molecule is Nc1nncc(-c2ccc3c(c2)CCC3)n1. The van der Waals surface area contributed by atoms with Crippen LogP contribution in [0.25, 0.3) is 11.3 Å². The topological polar surface area (TPSA) is 64.7 Å². The highest BCUT2D eigenvalue weighted by Crippen LogP contribution is 2.26. The van der Waals surface area contributed by atoms with Crippen molar-refractivity contribution in [2.24, 2.45) is 0 Å². The Kier molecular flexibility index (Phi) is 2.06. The molecule has 0 radical (unpaired) electrons. The maximum atomic E-state index is 5.52. The van der Waals surface area contributed by atoms with Gasteiger partial charge < -0.3 is 5.73 Å². The second-order valence-electron chi connectivity index (χ2n) is 4.04. The molecule has 1 aliphatic rings. The number of aryl methyl sites for hydroxylation is 2. The fourth-order valence-corrected chi connectivity index (χ4v) is 2.19. The zero-order valence-electron chi connectivity index (χ0n) is 8.85. The van der Waals surface area contributed by atoms with Gasteiger partial charge in [-0.1, -0.05) is 12.1 Å². The Labute approximate surface area is 93.5 Å². The number of benzene rings is 1. The third-order valence-electron chi connectivity index (χ3n) is 2.97. The second-order valence-corrected chi connectivity index (χ2v) is 4.04. The van der Waals surface area contributed by atoms with Crippen LogP contribution in [0.15, 0.2) is 24.4 Å². The molecule has 0 amide bonds. The molecule has 0 bridgehead atoms. The molecular formula is C12H12N4. The first-order chi connectivity index (χ1) is 7.83. The minimum atomic E-state index is 0.220. The highest BCUT2D eigenvalue weighted by Gasteiger charge is 2.12.